The van der Waals surface area contributed by atoms with Crippen molar-refractivity contribution in [3.63, 3.8) is 0 Å². The topological polar surface area (TPSA) is 136 Å². The summed E-state index contributed by atoms with van der Waals surface area (Å²) >= 11 is 0. The van der Waals surface area contributed by atoms with Crippen LogP contribution in [0.3, 0.4) is 0 Å². The molecule has 0 spiro atoms. The minimum absolute atomic E-state index is 0.0473. The van der Waals surface area contributed by atoms with Crippen LogP contribution in [0.25, 0.3) is 0 Å². The minimum atomic E-state index is -4.39. The zero-order chi connectivity index (χ0) is 13.1. The summed E-state index contributed by atoms with van der Waals surface area (Å²) in [5, 5.41) is 2.46. The Labute approximate surface area is 98.5 Å². The van der Waals surface area contributed by atoms with E-state index in [2.05, 4.69) is 5.32 Å². The highest BCUT2D eigenvalue weighted by molar-refractivity contribution is 7.85. The van der Waals surface area contributed by atoms with Gasteiger partial charge >= 0.3 is 0 Å². The molecule has 8 heteroatoms. The van der Waals surface area contributed by atoms with E-state index in [4.69, 9.17) is 16.0 Å². The standard InChI is InChI=1S/C9H13N3O4S/c10-1-2-12-9(13)6-3-7(11)5-8(4-6)17(14,15)16/h3-5H,1-2,10-11H2,(H,12,13)(H,14,15,16). The highest BCUT2D eigenvalue weighted by atomic mass is 32.2. The van der Waals surface area contributed by atoms with E-state index in [9.17, 15) is 13.2 Å². The molecular weight excluding hydrogens is 246 g/mol. The molecule has 1 aromatic carbocycles. The number of nitrogens with one attached hydrogen (secondary N) is 1. The van der Waals surface area contributed by atoms with Crippen molar-refractivity contribution in [1.82, 2.24) is 5.32 Å². The Kier molecular flexibility index (Phi) is 4.05. The molecule has 6 N–H and O–H groups in total. The second-order valence-corrected chi connectivity index (χ2v) is 4.73. The van der Waals surface area contributed by atoms with Gasteiger partial charge in [-0.15, -0.1) is 0 Å². The van der Waals surface area contributed by atoms with Crippen LogP contribution in [0.15, 0.2) is 23.1 Å². The van der Waals surface area contributed by atoms with Crippen molar-refractivity contribution in [2.45, 2.75) is 4.90 Å². The molecule has 7 nitrogen and oxygen atoms in total. The molecule has 1 aromatic rings. The van der Waals surface area contributed by atoms with Crippen molar-refractivity contribution in [3.05, 3.63) is 23.8 Å². The number of hydrogen-bond donors (Lipinski definition) is 4. The Morgan fingerprint density at radius 1 is 1.35 bits per heavy atom. The quantitative estimate of drug-likeness (QED) is 0.413. The number of carbonyl (C=O) groups excluding carboxylic acids is 1. The van der Waals surface area contributed by atoms with Crippen LogP contribution in [0.2, 0.25) is 0 Å². The van der Waals surface area contributed by atoms with E-state index in [1.807, 2.05) is 0 Å². The summed E-state index contributed by atoms with van der Waals surface area (Å²) in [5.74, 6) is -0.507. The number of amides is 1. The maximum atomic E-state index is 11.5. The van der Waals surface area contributed by atoms with Gasteiger partial charge in [0.2, 0.25) is 0 Å². The molecule has 0 unspecified atom stereocenters. The van der Waals surface area contributed by atoms with Crippen LogP contribution in [0.5, 0.6) is 0 Å². The lowest BCUT2D eigenvalue weighted by molar-refractivity contribution is 0.0954. The molecule has 0 heterocycles. The summed E-state index contributed by atoms with van der Waals surface area (Å²) in [7, 11) is -4.39. The van der Waals surface area contributed by atoms with Crippen molar-refractivity contribution in [3.8, 4) is 0 Å². The third-order valence-corrected chi connectivity index (χ3v) is 2.75. The first-order valence-corrected chi connectivity index (χ1v) is 6.15. The molecule has 0 radical (unpaired) electrons. The average molecular weight is 259 g/mol. The lowest BCUT2D eigenvalue weighted by Gasteiger charge is -2.06. The van der Waals surface area contributed by atoms with Gasteiger partial charge in [0.05, 0.1) is 4.90 Å². The summed E-state index contributed by atoms with van der Waals surface area (Å²) in [6.45, 7) is 0.522. The van der Waals surface area contributed by atoms with Crippen molar-refractivity contribution in [2.75, 3.05) is 18.8 Å². The molecular formula is C9H13N3O4S. The fraction of sp³-hybridized carbons (Fsp3) is 0.222. The van der Waals surface area contributed by atoms with Gasteiger partial charge in [-0.1, -0.05) is 0 Å². The summed E-state index contributed by atoms with van der Waals surface area (Å²) in [6, 6.07) is 3.41. The second-order valence-electron chi connectivity index (χ2n) is 3.31. The molecule has 0 aliphatic rings. The zero-order valence-corrected chi connectivity index (χ0v) is 9.70. The largest absolute Gasteiger partial charge is 0.399 e. The van der Waals surface area contributed by atoms with Crippen LogP contribution in [0, 0.1) is 0 Å². The predicted molar refractivity (Wildman–Crippen MR) is 62.1 cm³/mol. The molecule has 17 heavy (non-hydrogen) atoms. The fourth-order valence-electron chi connectivity index (χ4n) is 1.19. The minimum Gasteiger partial charge on any atom is -0.399 e. The molecule has 0 aliphatic heterocycles. The van der Waals surface area contributed by atoms with E-state index >= 15 is 0 Å². The highest BCUT2D eigenvalue weighted by Crippen LogP contribution is 2.16. The zero-order valence-electron chi connectivity index (χ0n) is 8.88. The smallest absolute Gasteiger partial charge is 0.294 e. The first-order chi connectivity index (χ1) is 7.84. The number of anilines is 1. The van der Waals surface area contributed by atoms with Crippen molar-refractivity contribution in [1.29, 1.82) is 0 Å². The highest BCUT2D eigenvalue weighted by Gasteiger charge is 2.14. The van der Waals surface area contributed by atoms with Gasteiger partial charge in [0.1, 0.15) is 0 Å². The maximum absolute atomic E-state index is 11.5. The molecule has 1 rings (SSSR count). The monoisotopic (exact) mass is 259 g/mol. The number of benzene rings is 1. The predicted octanol–water partition coefficient (Wildman–Crippen LogP) is -0.796. The van der Waals surface area contributed by atoms with Crippen LogP contribution in [0.4, 0.5) is 5.69 Å². The molecule has 0 saturated carbocycles. The SMILES string of the molecule is NCCNC(=O)c1cc(N)cc(S(=O)(=O)O)c1. The lowest BCUT2D eigenvalue weighted by Crippen LogP contribution is -2.29. The van der Waals surface area contributed by atoms with Crippen molar-refractivity contribution >= 4 is 21.7 Å². The maximum Gasteiger partial charge on any atom is 0.294 e. The third-order valence-electron chi connectivity index (χ3n) is 1.92. The van der Waals surface area contributed by atoms with Crippen LogP contribution in [-0.2, 0) is 10.1 Å². The number of carbonyl (C=O) groups is 1. The summed E-state index contributed by atoms with van der Waals surface area (Å²) < 4.78 is 30.7. The molecule has 0 atom stereocenters. The second kappa shape index (κ2) is 5.13. The van der Waals surface area contributed by atoms with Crippen molar-refractivity contribution < 1.29 is 17.8 Å². The van der Waals surface area contributed by atoms with E-state index < -0.39 is 20.9 Å². The number of hydrogen-bond acceptors (Lipinski definition) is 5. The van der Waals surface area contributed by atoms with E-state index in [0.29, 0.717) is 0 Å². The molecule has 0 bridgehead atoms. The van der Waals surface area contributed by atoms with E-state index in [1.54, 1.807) is 0 Å². The molecule has 0 aliphatic carbocycles. The Morgan fingerprint density at radius 3 is 2.53 bits per heavy atom. The van der Waals surface area contributed by atoms with E-state index in [-0.39, 0.29) is 24.3 Å². The molecule has 0 fully saturated rings. The Hall–Kier alpha value is -1.64. The van der Waals surface area contributed by atoms with Gasteiger partial charge in [-0.3, -0.25) is 9.35 Å². The third kappa shape index (κ3) is 3.70. The van der Waals surface area contributed by atoms with Crippen LogP contribution >= 0.6 is 0 Å². The Bertz CT molecular complexity index is 527. The van der Waals surface area contributed by atoms with Gasteiger partial charge in [0, 0.05) is 24.3 Å². The number of nitrogen functional groups attached to an aromatic ring is 1. The molecule has 0 aromatic heterocycles. The van der Waals surface area contributed by atoms with Crippen LogP contribution in [0.1, 0.15) is 10.4 Å². The van der Waals surface area contributed by atoms with E-state index in [1.165, 1.54) is 6.07 Å². The normalized spacial score (nSPS) is 11.2. The number of nitrogens with two attached hydrogens (primary N) is 2. The van der Waals surface area contributed by atoms with Gasteiger partial charge in [0.25, 0.3) is 16.0 Å². The first-order valence-electron chi connectivity index (χ1n) is 4.71. The molecule has 0 saturated heterocycles. The van der Waals surface area contributed by atoms with E-state index in [0.717, 1.165) is 12.1 Å². The van der Waals surface area contributed by atoms with Crippen LogP contribution in [-0.4, -0.2) is 32.0 Å². The van der Waals surface area contributed by atoms with Gasteiger partial charge in [-0.2, -0.15) is 8.42 Å². The fourth-order valence-corrected chi connectivity index (χ4v) is 1.75. The van der Waals surface area contributed by atoms with Crippen LogP contribution < -0.4 is 16.8 Å². The molecule has 1 amide bonds. The Balaban J connectivity index is 3.10. The summed E-state index contributed by atoms with van der Waals surface area (Å²) in [5.41, 5.74) is 10.8. The summed E-state index contributed by atoms with van der Waals surface area (Å²) in [6.07, 6.45) is 0. The Morgan fingerprint density at radius 2 is 2.00 bits per heavy atom. The van der Waals surface area contributed by atoms with Gasteiger partial charge in [0.15, 0.2) is 0 Å². The van der Waals surface area contributed by atoms with Crippen molar-refractivity contribution in [2.24, 2.45) is 5.73 Å². The summed E-state index contributed by atoms with van der Waals surface area (Å²) in [4.78, 5) is 11.1. The lowest BCUT2D eigenvalue weighted by atomic mass is 10.2. The number of rotatable bonds is 4. The molecule has 94 valence electrons. The van der Waals surface area contributed by atoms with Gasteiger partial charge in [-0.05, 0) is 18.2 Å². The first kappa shape index (κ1) is 13.4. The van der Waals surface area contributed by atoms with Gasteiger partial charge in [-0.25, -0.2) is 0 Å². The average Bonchev–Trinajstić information content (AvgIpc) is 2.23. The van der Waals surface area contributed by atoms with Gasteiger partial charge < -0.3 is 16.8 Å².